The Morgan fingerprint density at radius 3 is 2.79 bits per heavy atom. The Labute approximate surface area is 114 Å². The van der Waals surface area contributed by atoms with Gasteiger partial charge in [-0.1, -0.05) is 43.7 Å². The second-order valence-electron chi connectivity index (χ2n) is 4.89. The van der Waals surface area contributed by atoms with E-state index in [0.717, 1.165) is 30.7 Å². The second-order valence-corrected chi connectivity index (χ2v) is 4.89. The number of rotatable bonds is 7. The highest BCUT2D eigenvalue weighted by Gasteiger charge is 2.23. The molecule has 1 atom stereocenters. The van der Waals surface area contributed by atoms with E-state index in [1.807, 2.05) is 30.3 Å². The van der Waals surface area contributed by atoms with Gasteiger partial charge in [-0.2, -0.15) is 0 Å². The number of unbranched alkanes of at least 4 members (excludes halogenated alkanes) is 1. The molecule has 0 saturated carbocycles. The molecular formula is C15H22N2O2. The third-order valence-electron chi connectivity index (χ3n) is 3.24. The van der Waals surface area contributed by atoms with Crippen molar-refractivity contribution in [2.24, 2.45) is 0 Å². The van der Waals surface area contributed by atoms with Crippen LogP contribution in [0.3, 0.4) is 0 Å². The van der Waals surface area contributed by atoms with Crippen LogP contribution in [0.2, 0.25) is 0 Å². The summed E-state index contributed by atoms with van der Waals surface area (Å²) < 4.78 is 5.12. The molecule has 0 spiro atoms. The van der Waals surface area contributed by atoms with Crippen molar-refractivity contribution in [3.63, 3.8) is 0 Å². The van der Waals surface area contributed by atoms with Gasteiger partial charge in [0.25, 0.3) is 0 Å². The lowest BCUT2D eigenvalue weighted by Crippen LogP contribution is -2.40. The molecule has 0 fully saturated rings. The number of hydroxylamine groups is 3. The normalized spacial score (nSPS) is 22.1. The third-order valence-corrected chi connectivity index (χ3v) is 3.24. The molecule has 0 aliphatic carbocycles. The van der Waals surface area contributed by atoms with Gasteiger partial charge in [0.15, 0.2) is 6.67 Å². The Balaban J connectivity index is 1.86. The van der Waals surface area contributed by atoms with Crippen LogP contribution in [-0.4, -0.2) is 31.1 Å². The molecule has 0 bridgehead atoms. The summed E-state index contributed by atoms with van der Waals surface area (Å²) in [7, 11) is 0. The van der Waals surface area contributed by atoms with Gasteiger partial charge in [0.2, 0.25) is 0 Å². The molecular weight excluding hydrogens is 240 g/mol. The Morgan fingerprint density at radius 2 is 2.05 bits per heavy atom. The lowest BCUT2D eigenvalue weighted by atomic mass is 10.2. The lowest BCUT2D eigenvalue weighted by Gasteiger charge is -2.34. The summed E-state index contributed by atoms with van der Waals surface area (Å²) in [5, 5.41) is 15.6. The van der Waals surface area contributed by atoms with E-state index in [1.165, 1.54) is 0 Å². The van der Waals surface area contributed by atoms with E-state index < -0.39 is 0 Å². The molecule has 4 nitrogen and oxygen atoms in total. The van der Waals surface area contributed by atoms with Gasteiger partial charge in [-0.25, -0.2) is 0 Å². The molecule has 2 rings (SSSR count). The quantitative estimate of drug-likeness (QED) is 0.467. The van der Waals surface area contributed by atoms with Gasteiger partial charge in [0.05, 0.1) is 6.61 Å². The first kappa shape index (κ1) is 14.1. The third kappa shape index (κ3) is 4.06. The van der Waals surface area contributed by atoms with Gasteiger partial charge in [-0.15, -0.1) is 0 Å². The fourth-order valence-electron chi connectivity index (χ4n) is 2.05. The summed E-state index contributed by atoms with van der Waals surface area (Å²) in [5.74, 6) is 0. The number of nitrogens with zero attached hydrogens (tertiary/aromatic N) is 1. The summed E-state index contributed by atoms with van der Waals surface area (Å²) in [6.07, 6.45) is 3.93. The van der Waals surface area contributed by atoms with Crippen molar-refractivity contribution in [1.82, 2.24) is 5.32 Å². The number of hydrogen-bond donors (Lipinski definition) is 1. The molecule has 104 valence electrons. The highest BCUT2D eigenvalue weighted by Crippen LogP contribution is 2.21. The van der Waals surface area contributed by atoms with Crippen molar-refractivity contribution in [1.29, 1.82) is 0 Å². The number of hydrogen-bond acceptors (Lipinski definition) is 3. The van der Waals surface area contributed by atoms with Crippen molar-refractivity contribution in [2.45, 2.75) is 19.8 Å². The molecule has 0 radical (unpaired) electrons. The maximum absolute atomic E-state index is 12.4. The molecule has 1 aliphatic heterocycles. The van der Waals surface area contributed by atoms with E-state index in [0.29, 0.717) is 19.8 Å². The Bertz CT molecular complexity index is 419. The van der Waals surface area contributed by atoms with Crippen LogP contribution in [0.1, 0.15) is 25.3 Å². The number of benzene rings is 1. The van der Waals surface area contributed by atoms with Crippen molar-refractivity contribution in [2.75, 3.05) is 26.4 Å². The smallest absolute Gasteiger partial charge is 0.156 e. The predicted molar refractivity (Wildman–Crippen MR) is 76.6 cm³/mol. The zero-order chi connectivity index (χ0) is 13.6. The van der Waals surface area contributed by atoms with Crippen LogP contribution in [0.4, 0.5) is 0 Å². The maximum atomic E-state index is 12.4. The molecule has 1 N–H and O–H groups in total. The second kappa shape index (κ2) is 6.70. The molecule has 0 amide bonds. The summed E-state index contributed by atoms with van der Waals surface area (Å²) in [6, 6.07) is 9.94. The average molecular weight is 262 g/mol. The monoisotopic (exact) mass is 262 g/mol. The maximum Gasteiger partial charge on any atom is 0.156 e. The minimum absolute atomic E-state index is 0.351. The van der Waals surface area contributed by atoms with Crippen LogP contribution >= 0.6 is 0 Å². The summed E-state index contributed by atoms with van der Waals surface area (Å²) >= 11 is 0. The van der Waals surface area contributed by atoms with E-state index in [-0.39, 0.29) is 4.65 Å². The lowest BCUT2D eigenvalue weighted by molar-refractivity contribution is -0.825. The van der Waals surface area contributed by atoms with E-state index >= 15 is 0 Å². The standard InChI is InChI=1S/C15H22N2O2/c1-2-3-10-19-11-9-17(18)12-15(16-13-17)14-7-5-4-6-8-14/h4-8,12,16H,2-3,9-11,13H2,1H3. The van der Waals surface area contributed by atoms with Gasteiger partial charge >= 0.3 is 0 Å². The highest BCUT2D eigenvalue weighted by atomic mass is 16.6. The first-order chi connectivity index (χ1) is 9.23. The average Bonchev–Trinajstić information content (AvgIpc) is 2.83. The molecule has 1 aliphatic rings. The highest BCUT2D eigenvalue weighted by molar-refractivity contribution is 5.63. The van der Waals surface area contributed by atoms with Gasteiger partial charge in [-0.3, -0.25) is 0 Å². The summed E-state index contributed by atoms with van der Waals surface area (Å²) in [6.45, 7) is 4.25. The number of ether oxygens (including phenoxy) is 1. The Kier molecular flexibility index (Phi) is 4.96. The zero-order valence-corrected chi connectivity index (χ0v) is 11.5. The molecule has 0 aromatic heterocycles. The van der Waals surface area contributed by atoms with Gasteiger partial charge in [0, 0.05) is 12.2 Å². The van der Waals surface area contributed by atoms with E-state index in [2.05, 4.69) is 12.2 Å². The van der Waals surface area contributed by atoms with E-state index in [9.17, 15) is 5.21 Å². The molecule has 1 unspecified atom stereocenters. The van der Waals surface area contributed by atoms with Crippen LogP contribution in [-0.2, 0) is 4.74 Å². The number of nitrogens with one attached hydrogen (secondary N) is 1. The Hall–Kier alpha value is -1.36. The molecule has 1 heterocycles. The fourth-order valence-corrected chi connectivity index (χ4v) is 2.05. The summed E-state index contributed by atoms with van der Waals surface area (Å²) in [5.41, 5.74) is 1.98. The minimum Gasteiger partial charge on any atom is -0.626 e. The first-order valence-corrected chi connectivity index (χ1v) is 6.91. The number of quaternary nitrogens is 1. The van der Waals surface area contributed by atoms with Crippen LogP contribution in [0.25, 0.3) is 5.70 Å². The zero-order valence-electron chi connectivity index (χ0n) is 11.5. The van der Waals surface area contributed by atoms with Crippen LogP contribution < -0.4 is 5.32 Å². The topological polar surface area (TPSA) is 44.3 Å². The van der Waals surface area contributed by atoms with Crippen molar-refractivity contribution >= 4 is 5.70 Å². The minimum atomic E-state index is -0.351. The van der Waals surface area contributed by atoms with Crippen LogP contribution in [0.5, 0.6) is 0 Å². The van der Waals surface area contributed by atoms with Gasteiger partial charge < -0.3 is 19.9 Å². The molecule has 19 heavy (non-hydrogen) atoms. The molecule has 1 aromatic carbocycles. The van der Waals surface area contributed by atoms with Crippen molar-refractivity contribution in [3.8, 4) is 0 Å². The molecule has 4 heteroatoms. The SMILES string of the molecule is CCCCOCC[N+]1([O-])C=C(c2ccccc2)NC1. The summed E-state index contributed by atoms with van der Waals surface area (Å²) in [4.78, 5) is 0. The fraction of sp³-hybridized carbons (Fsp3) is 0.467. The molecule has 0 saturated heterocycles. The van der Waals surface area contributed by atoms with E-state index in [1.54, 1.807) is 6.20 Å². The van der Waals surface area contributed by atoms with Gasteiger partial charge in [-0.05, 0) is 6.42 Å². The molecule has 1 aromatic rings. The first-order valence-electron chi connectivity index (χ1n) is 6.91. The van der Waals surface area contributed by atoms with Crippen molar-refractivity contribution < 1.29 is 9.38 Å². The van der Waals surface area contributed by atoms with Crippen molar-refractivity contribution in [3.05, 3.63) is 47.3 Å². The Morgan fingerprint density at radius 1 is 1.26 bits per heavy atom. The van der Waals surface area contributed by atoms with Crippen LogP contribution in [0, 0.1) is 5.21 Å². The van der Waals surface area contributed by atoms with E-state index in [4.69, 9.17) is 4.74 Å². The predicted octanol–water partition coefficient (Wildman–Crippen LogP) is 2.68. The largest absolute Gasteiger partial charge is 0.626 e. The van der Waals surface area contributed by atoms with Crippen LogP contribution in [0.15, 0.2) is 36.5 Å². The van der Waals surface area contributed by atoms with Gasteiger partial charge in [0.1, 0.15) is 18.4 Å².